The minimum Gasteiger partial charge on any atom is -0.367 e. The van der Waals surface area contributed by atoms with E-state index in [2.05, 4.69) is 21.1 Å². The van der Waals surface area contributed by atoms with E-state index in [1.165, 1.54) is 23.5 Å². The van der Waals surface area contributed by atoms with Crippen LogP contribution in [-0.2, 0) is 0 Å². The molecule has 0 aliphatic heterocycles. The molecule has 0 radical (unpaired) electrons. The van der Waals surface area contributed by atoms with Crippen molar-refractivity contribution in [2.75, 3.05) is 5.73 Å². The zero-order valence-electron chi connectivity index (χ0n) is 9.56. The van der Waals surface area contributed by atoms with Crippen molar-refractivity contribution in [1.82, 2.24) is 5.16 Å². The minimum absolute atomic E-state index is 0.185. The van der Waals surface area contributed by atoms with Gasteiger partial charge < -0.3 is 10.3 Å². The van der Waals surface area contributed by atoms with Crippen molar-refractivity contribution in [3.05, 3.63) is 46.0 Å². The van der Waals surface area contributed by atoms with Crippen molar-refractivity contribution < 1.29 is 8.91 Å². The molecule has 0 unspecified atom stereocenters. The van der Waals surface area contributed by atoms with Gasteiger partial charge in [0.2, 0.25) is 5.88 Å². The largest absolute Gasteiger partial charge is 0.367 e. The van der Waals surface area contributed by atoms with Gasteiger partial charge in [-0.2, -0.15) is 0 Å². The molecular weight excluding hydrogens is 331 g/mol. The molecule has 2 aromatic heterocycles. The molecule has 96 valence electrons. The van der Waals surface area contributed by atoms with Crippen LogP contribution in [0.25, 0.3) is 21.7 Å². The third-order valence-electron chi connectivity index (χ3n) is 2.64. The Morgan fingerprint density at radius 1 is 1.26 bits per heavy atom. The van der Waals surface area contributed by atoms with Crippen LogP contribution in [0.4, 0.5) is 10.3 Å². The Balaban J connectivity index is 2.19. The van der Waals surface area contributed by atoms with Gasteiger partial charge in [0.25, 0.3) is 0 Å². The number of rotatable bonds is 2. The van der Waals surface area contributed by atoms with Gasteiger partial charge in [0, 0.05) is 0 Å². The van der Waals surface area contributed by atoms with Gasteiger partial charge in [-0.25, -0.2) is 4.39 Å². The lowest BCUT2D eigenvalue weighted by atomic mass is 10.0. The summed E-state index contributed by atoms with van der Waals surface area (Å²) in [6, 6.07) is 10.0. The third kappa shape index (κ3) is 2.29. The first-order valence-electron chi connectivity index (χ1n) is 5.42. The number of halogens is 2. The third-order valence-corrected chi connectivity index (χ3v) is 4.27. The van der Waals surface area contributed by atoms with Crippen LogP contribution in [-0.4, -0.2) is 5.16 Å². The fourth-order valence-electron chi connectivity index (χ4n) is 1.84. The molecular formula is C13H8BrFN2OS. The molecule has 0 atom stereocenters. The summed E-state index contributed by atoms with van der Waals surface area (Å²) in [6.45, 7) is 0. The molecule has 0 fully saturated rings. The second-order valence-electron chi connectivity index (χ2n) is 3.88. The van der Waals surface area contributed by atoms with Gasteiger partial charge in [0.1, 0.15) is 11.5 Å². The first kappa shape index (κ1) is 12.4. The van der Waals surface area contributed by atoms with E-state index in [0.717, 1.165) is 8.66 Å². The van der Waals surface area contributed by atoms with E-state index in [1.54, 1.807) is 12.1 Å². The molecule has 3 nitrogen and oxygen atoms in total. The number of nitrogens with two attached hydrogens (primary N) is 1. The van der Waals surface area contributed by atoms with Crippen molar-refractivity contribution in [2.45, 2.75) is 0 Å². The number of anilines is 1. The van der Waals surface area contributed by atoms with E-state index in [4.69, 9.17) is 10.3 Å². The predicted octanol–water partition coefficient (Wildman–Crippen LogP) is 4.55. The number of hydrogen-bond acceptors (Lipinski definition) is 4. The van der Waals surface area contributed by atoms with Gasteiger partial charge in [-0.05, 0) is 45.8 Å². The number of aromatic nitrogens is 1. The average Bonchev–Trinajstić information content (AvgIpc) is 2.95. The summed E-state index contributed by atoms with van der Waals surface area (Å²) < 4.78 is 19.4. The maximum Gasteiger partial charge on any atom is 0.230 e. The second kappa shape index (κ2) is 4.79. The normalized spacial score (nSPS) is 10.8. The number of nitrogen functional groups attached to an aromatic ring is 1. The van der Waals surface area contributed by atoms with E-state index < -0.39 is 0 Å². The molecule has 0 saturated carbocycles. The van der Waals surface area contributed by atoms with Crippen molar-refractivity contribution in [1.29, 1.82) is 0 Å². The van der Waals surface area contributed by atoms with Crippen LogP contribution < -0.4 is 5.73 Å². The summed E-state index contributed by atoms with van der Waals surface area (Å²) in [6.07, 6.45) is 0. The minimum atomic E-state index is -0.323. The maximum absolute atomic E-state index is 13.3. The van der Waals surface area contributed by atoms with Gasteiger partial charge in [-0.1, -0.05) is 17.3 Å². The first-order chi connectivity index (χ1) is 9.15. The molecule has 3 aromatic rings. The number of nitrogens with zero attached hydrogens (tertiary/aromatic N) is 1. The van der Waals surface area contributed by atoms with E-state index in [0.29, 0.717) is 16.8 Å². The van der Waals surface area contributed by atoms with Crippen LogP contribution in [0, 0.1) is 5.82 Å². The summed E-state index contributed by atoms with van der Waals surface area (Å²) >= 11 is 4.91. The molecule has 0 spiro atoms. The summed E-state index contributed by atoms with van der Waals surface area (Å²) in [4.78, 5) is 0.909. The highest BCUT2D eigenvalue weighted by Gasteiger charge is 2.19. The Kier molecular flexibility index (Phi) is 3.12. The smallest absolute Gasteiger partial charge is 0.230 e. The van der Waals surface area contributed by atoms with Crippen LogP contribution >= 0.6 is 27.3 Å². The first-order valence-corrected chi connectivity index (χ1v) is 7.03. The fourth-order valence-corrected chi connectivity index (χ4v) is 3.21. The maximum atomic E-state index is 13.3. The van der Waals surface area contributed by atoms with Gasteiger partial charge in [-0.3, -0.25) is 0 Å². The highest BCUT2D eigenvalue weighted by molar-refractivity contribution is 9.11. The molecule has 0 aliphatic rings. The fraction of sp³-hybridized carbons (Fsp3) is 0. The molecule has 19 heavy (non-hydrogen) atoms. The van der Waals surface area contributed by atoms with E-state index in [9.17, 15) is 4.39 Å². The summed E-state index contributed by atoms with van der Waals surface area (Å²) in [7, 11) is 0. The number of benzene rings is 1. The van der Waals surface area contributed by atoms with Crippen LogP contribution in [0.3, 0.4) is 0 Å². The second-order valence-corrected chi connectivity index (χ2v) is 6.35. The number of hydrogen-bond donors (Lipinski definition) is 1. The summed E-state index contributed by atoms with van der Waals surface area (Å²) in [5, 5.41) is 3.97. The van der Waals surface area contributed by atoms with Crippen LogP contribution in [0.2, 0.25) is 0 Å². The molecule has 6 heteroatoms. The van der Waals surface area contributed by atoms with E-state index in [-0.39, 0.29) is 11.7 Å². The Bertz CT molecular complexity index is 738. The molecule has 0 amide bonds. The van der Waals surface area contributed by atoms with Crippen molar-refractivity contribution in [3.8, 4) is 21.7 Å². The Labute approximate surface area is 121 Å². The zero-order valence-corrected chi connectivity index (χ0v) is 12.0. The summed E-state index contributed by atoms with van der Waals surface area (Å²) in [5.41, 5.74) is 7.70. The lowest BCUT2D eigenvalue weighted by molar-refractivity contribution is 0.439. The van der Waals surface area contributed by atoms with Gasteiger partial charge >= 0.3 is 0 Å². The van der Waals surface area contributed by atoms with Crippen LogP contribution in [0.15, 0.2) is 44.7 Å². The van der Waals surface area contributed by atoms with Crippen LogP contribution in [0.1, 0.15) is 0 Å². The SMILES string of the molecule is Nc1onc(-c2ccc(Br)s2)c1-c1cccc(F)c1. The topological polar surface area (TPSA) is 52.0 Å². The molecule has 1 aromatic carbocycles. The quantitative estimate of drug-likeness (QED) is 0.745. The molecule has 0 bridgehead atoms. The Morgan fingerprint density at radius 2 is 2.11 bits per heavy atom. The predicted molar refractivity (Wildman–Crippen MR) is 77.3 cm³/mol. The van der Waals surface area contributed by atoms with E-state index >= 15 is 0 Å². The molecule has 0 aliphatic carbocycles. The molecule has 2 heterocycles. The van der Waals surface area contributed by atoms with Crippen molar-refractivity contribution in [2.24, 2.45) is 0 Å². The number of thiophene rings is 1. The molecule has 0 saturated heterocycles. The average molecular weight is 339 g/mol. The van der Waals surface area contributed by atoms with E-state index in [1.807, 2.05) is 12.1 Å². The van der Waals surface area contributed by atoms with Gasteiger partial charge in [-0.15, -0.1) is 11.3 Å². The van der Waals surface area contributed by atoms with Crippen molar-refractivity contribution in [3.63, 3.8) is 0 Å². The van der Waals surface area contributed by atoms with Gasteiger partial charge in [0.15, 0.2) is 0 Å². The monoisotopic (exact) mass is 338 g/mol. The summed E-state index contributed by atoms with van der Waals surface area (Å²) in [5.74, 6) is -0.137. The molecule has 3 rings (SSSR count). The zero-order chi connectivity index (χ0) is 13.4. The van der Waals surface area contributed by atoms with Crippen LogP contribution in [0.5, 0.6) is 0 Å². The highest BCUT2D eigenvalue weighted by atomic mass is 79.9. The lowest BCUT2D eigenvalue weighted by Gasteiger charge is -2.01. The van der Waals surface area contributed by atoms with Gasteiger partial charge in [0.05, 0.1) is 14.2 Å². The molecule has 2 N–H and O–H groups in total. The highest BCUT2D eigenvalue weighted by Crippen LogP contribution is 2.40. The standard InChI is InChI=1S/C13H8BrFN2OS/c14-10-5-4-9(19-10)12-11(13(16)18-17-12)7-2-1-3-8(15)6-7/h1-6H,16H2. The Morgan fingerprint density at radius 3 is 2.79 bits per heavy atom. The lowest BCUT2D eigenvalue weighted by Crippen LogP contribution is -1.87. The Hall–Kier alpha value is -1.66. The van der Waals surface area contributed by atoms with Crippen molar-refractivity contribution >= 4 is 33.2 Å².